The predicted molar refractivity (Wildman–Crippen MR) is 57.7 cm³/mol. The lowest BCUT2D eigenvalue weighted by Crippen LogP contribution is -2.16. The standard InChI is InChI=1S/C11H12ClNO/c1-6(2)9-10-7(12)4-3-5-8(10)13-11(9)14/h3-6,9H,1-2H3,(H,13,14). The molecular weight excluding hydrogens is 198 g/mol. The zero-order chi connectivity index (χ0) is 10.3. The summed E-state index contributed by atoms with van der Waals surface area (Å²) in [6, 6.07) is 5.57. The molecule has 74 valence electrons. The van der Waals surface area contributed by atoms with Crippen molar-refractivity contribution in [2.75, 3.05) is 5.32 Å². The Morgan fingerprint density at radius 2 is 2.14 bits per heavy atom. The highest BCUT2D eigenvalue weighted by molar-refractivity contribution is 6.32. The molecule has 1 aromatic carbocycles. The molecule has 0 aromatic heterocycles. The average molecular weight is 210 g/mol. The smallest absolute Gasteiger partial charge is 0.232 e. The van der Waals surface area contributed by atoms with Crippen LogP contribution in [0.25, 0.3) is 0 Å². The summed E-state index contributed by atoms with van der Waals surface area (Å²) in [7, 11) is 0. The van der Waals surface area contributed by atoms with Crippen LogP contribution in [0.4, 0.5) is 5.69 Å². The van der Waals surface area contributed by atoms with Crippen LogP contribution in [0.1, 0.15) is 25.3 Å². The number of fused-ring (bicyclic) bond motifs is 1. The molecule has 0 fully saturated rings. The van der Waals surface area contributed by atoms with Gasteiger partial charge >= 0.3 is 0 Å². The SMILES string of the molecule is CC(C)C1C(=O)Nc2cccc(Cl)c21. The summed E-state index contributed by atoms with van der Waals surface area (Å²) in [5.74, 6) is 0.234. The quantitative estimate of drug-likeness (QED) is 0.757. The van der Waals surface area contributed by atoms with Gasteiger partial charge in [-0.15, -0.1) is 0 Å². The summed E-state index contributed by atoms with van der Waals surface area (Å²) in [4.78, 5) is 11.7. The highest BCUT2D eigenvalue weighted by Crippen LogP contribution is 2.41. The lowest BCUT2D eigenvalue weighted by Gasteiger charge is -2.13. The van der Waals surface area contributed by atoms with Crippen molar-refractivity contribution in [2.24, 2.45) is 5.92 Å². The largest absolute Gasteiger partial charge is 0.325 e. The molecule has 0 spiro atoms. The molecular formula is C11H12ClNO. The summed E-state index contributed by atoms with van der Waals surface area (Å²) in [6.45, 7) is 4.06. The van der Waals surface area contributed by atoms with E-state index in [1.165, 1.54) is 0 Å². The fraction of sp³-hybridized carbons (Fsp3) is 0.364. The van der Waals surface area contributed by atoms with E-state index in [1.807, 2.05) is 32.0 Å². The van der Waals surface area contributed by atoms with Crippen molar-refractivity contribution in [3.8, 4) is 0 Å². The molecule has 0 bridgehead atoms. The number of benzene rings is 1. The van der Waals surface area contributed by atoms with Crippen molar-refractivity contribution in [2.45, 2.75) is 19.8 Å². The summed E-state index contributed by atoms with van der Waals surface area (Å²) in [5, 5.41) is 3.53. The number of nitrogens with one attached hydrogen (secondary N) is 1. The third kappa shape index (κ3) is 1.30. The van der Waals surface area contributed by atoms with Crippen LogP contribution in [0.3, 0.4) is 0 Å². The summed E-state index contributed by atoms with van der Waals surface area (Å²) >= 11 is 6.08. The van der Waals surface area contributed by atoms with Gasteiger partial charge in [-0.3, -0.25) is 4.79 Å². The lowest BCUT2D eigenvalue weighted by molar-refractivity contribution is -0.117. The molecule has 0 aliphatic carbocycles. The Labute approximate surface area is 88.3 Å². The number of hydrogen-bond acceptors (Lipinski definition) is 1. The maximum atomic E-state index is 11.7. The van der Waals surface area contributed by atoms with E-state index in [0.717, 1.165) is 11.3 Å². The summed E-state index contributed by atoms with van der Waals surface area (Å²) < 4.78 is 0. The fourth-order valence-electron chi connectivity index (χ4n) is 1.94. The van der Waals surface area contributed by atoms with Gasteiger partial charge in [0.1, 0.15) is 0 Å². The molecule has 1 aliphatic rings. The molecule has 1 N–H and O–H groups in total. The van der Waals surface area contributed by atoms with Crippen molar-refractivity contribution < 1.29 is 4.79 Å². The van der Waals surface area contributed by atoms with E-state index >= 15 is 0 Å². The van der Waals surface area contributed by atoms with Crippen molar-refractivity contribution in [3.63, 3.8) is 0 Å². The topological polar surface area (TPSA) is 29.1 Å². The van der Waals surface area contributed by atoms with Crippen molar-refractivity contribution in [1.29, 1.82) is 0 Å². The molecule has 0 saturated carbocycles. The molecule has 1 heterocycles. The minimum Gasteiger partial charge on any atom is -0.325 e. The van der Waals surface area contributed by atoms with Crippen LogP contribution < -0.4 is 5.32 Å². The molecule has 0 radical (unpaired) electrons. The maximum absolute atomic E-state index is 11.7. The first-order valence-electron chi connectivity index (χ1n) is 4.70. The van der Waals surface area contributed by atoms with Crippen molar-refractivity contribution >= 4 is 23.2 Å². The van der Waals surface area contributed by atoms with Gasteiger partial charge in [-0.25, -0.2) is 0 Å². The van der Waals surface area contributed by atoms with Crippen LogP contribution in [0.2, 0.25) is 5.02 Å². The third-order valence-corrected chi connectivity index (χ3v) is 2.90. The first-order chi connectivity index (χ1) is 6.61. The van der Waals surface area contributed by atoms with Crippen molar-refractivity contribution in [1.82, 2.24) is 0 Å². The van der Waals surface area contributed by atoms with Crippen LogP contribution in [-0.2, 0) is 4.79 Å². The Morgan fingerprint density at radius 1 is 1.43 bits per heavy atom. The van der Waals surface area contributed by atoms with E-state index in [2.05, 4.69) is 5.32 Å². The van der Waals surface area contributed by atoms with Gasteiger partial charge in [0.2, 0.25) is 5.91 Å². The van der Waals surface area contributed by atoms with E-state index < -0.39 is 0 Å². The molecule has 1 amide bonds. The number of hydrogen-bond donors (Lipinski definition) is 1. The van der Waals surface area contributed by atoms with E-state index in [9.17, 15) is 4.79 Å². The molecule has 1 unspecified atom stereocenters. The van der Waals surface area contributed by atoms with Crippen molar-refractivity contribution in [3.05, 3.63) is 28.8 Å². The van der Waals surface area contributed by atoms with Gasteiger partial charge in [0, 0.05) is 16.3 Å². The molecule has 2 nitrogen and oxygen atoms in total. The molecule has 0 saturated heterocycles. The Kier molecular flexibility index (Phi) is 2.23. The first kappa shape index (κ1) is 9.53. The van der Waals surface area contributed by atoms with Gasteiger partial charge in [0.25, 0.3) is 0 Å². The zero-order valence-corrected chi connectivity index (χ0v) is 8.93. The maximum Gasteiger partial charge on any atom is 0.232 e. The Bertz CT molecular complexity index is 387. The van der Waals surface area contributed by atoms with Gasteiger partial charge in [0.15, 0.2) is 0 Å². The highest BCUT2D eigenvalue weighted by atomic mass is 35.5. The number of rotatable bonds is 1. The van der Waals surface area contributed by atoms with Gasteiger partial charge < -0.3 is 5.32 Å². The minimum absolute atomic E-state index is 0.0584. The second kappa shape index (κ2) is 3.28. The van der Waals surface area contributed by atoms with Crippen LogP contribution in [-0.4, -0.2) is 5.91 Å². The molecule has 14 heavy (non-hydrogen) atoms. The highest BCUT2D eigenvalue weighted by Gasteiger charge is 2.34. The van der Waals surface area contributed by atoms with Gasteiger partial charge in [-0.1, -0.05) is 31.5 Å². The monoisotopic (exact) mass is 209 g/mol. The van der Waals surface area contributed by atoms with E-state index in [4.69, 9.17) is 11.6 Å². The van der Waals surface area contributed by atoms with Crippen LogP contribution >= 0.6 is 11.6 Å². The second-order valence-corrected chi connectivity index (χ2v) is 4.32. The molecule has 1 aliphatic heterocycles. The number of anilines is 1. The Hall–Kier alpha value is -1.02. The van der Waals surface area contributed by atoms with Gasteiger partial charge in [-0.2, -0.15) is 0 Å². The number of carbonyl (C=O) groups excluding carboxylic acids is 1. The van der Waals surface area contributed by atoms with E-state index in [-0.39, 0.29) is 17.7 Å². The van der Waals surface area contributed by atoms with E-state index in [1.54, 1.807) is 0 Å². The van der Waals surface area contributed by atoms with Crippen LogP contribution in [0, 0.1) is 5.92 Å². The van der Waals surface area contributed by atoms with E-state index in [0.29, 0.717) is 5.02 Å². The summed E-state index contributed by atoms with van der Waals surface area (Å²) in [5.41, 5.74) is 1.82. The third-order valence-electron chi connectivity index (χ3n) is 2.57. The normalized spacial score (nSPS) is 19.7. The Morgan fingerprint density at radius 3 is 2.79 bits per heavy atom. The second-order valence-electron chi connectivity index (χ2n) is 3.91. The van der Waals surface area contributed by atoms with Crippen LogP contribution in [0.5, 0.6) is 0 Å². The van der Waals surface area contributed by atoms with Gasteiger partial charge in [-0.05, 0) is 18.1 Å². The Balaban J connectivity index is 2.55. The number of halogens is 1. The number of amides is 1. The number of carbonyl (C=O) groups is 1. The lowest BCUT2D eigenvalue weighted by atomic mass is 9.90. The minimum atomic E-state index is -0.0984. The average Bonchev–Trinajstić information content (AvgIpc) is 2.42. The first-order valence-corrected chi connectivity index (χ1v) is 5.08. The predicted octanol–water partition coefficient (Wildman–Crippen LogP) is 3.03. The molecule has 1 atom stereocenters. The summed E-state index contributed by atoms with van der Waals surface area (Å²) in [6.07, 6.45) is 0. The fourth-order valence-corrected chi connectivity index (χ4v) is 2.23. The molecule has 2 rings (SSSR count). The molecule has 3 heteroatoms. The zero-order valence-electron chi connectivity index (χ0n) is 8.17. The van der Waals surface area contributed by atoms with Crippen LogP contribution in [0.15, 0.2) is 18.2 Å². The molecule has 1 aromatic rings. The van der Waals surface area contributed by atoms with Gasteiger partial charge in [0.05, 0.1) is 5.92 Å².